The van der Waals surface area contributed by atoms with E-state index in [-0.39, 0.29) is 0 Å². The van der Waals surface area contributed by atoms with Gasteiger partial charge < -0.3 is 13.9 Å². The van der Waals surface area contributed by atoms with Gasteiger partial charge in [0.05, 0.1) is 25.5 Å². The smallest absolute Gasteiger partial charge is 0.230 e. The molecule has 0 saturated heterocycles. The zero-order chi connectivity index (χ0) is 20.4. The second-order valence-corrected chi connectivity index (χ2v) is 8.15. The fourth-order valence-corrected chi connectivity index (χ4v) is 4.58. The van der Waals surface area contributed by atoms with Crippen molar-refractivity contribution in [3.8, 4) is 23.0 Å². The van der Waals surface area contributed by atoms with Crippen molar-refractivity contribution in [1.29, 1.82) is 0 Å². The van der Waals surface area contributed by atoms with Gasteiger partial charge in [-0.25, -0.2) is 4.98 Å². The summed E-state index contributed by atoms with van der Waals surface area (Å²) in [5, 5.41) is 1.30. The van der Waals surface area contributed by atoms with Gasteiger partial charge in [0.1, 0.15) is 5.76 Å². The lowest BCUT2D eigenvalue weighted by molar-refractivity contribution is 0.316. The van der Waals surface area contributed by atoms with E-state index >= 15 is 0 Å². The van der Waals surface area contributed by atoms with Crippen LogP contribution in [0.25, 0.3) is 21.5 Å². The van der Waals surface area contributed by atoms with Crippen LogP contribution in [0.2, 0.25) is 0 Å². The summed E-state index contributed by atoms with van der Waals surface area (Å²) in [7, 11) is 5.35. The van der Waals surface area contributed by atoms with Gasteiger partial charge in [-0.1, -0.05) is 24.3 Å². The van der Waals surface area contributed by atoms with Crippen LogP contribution < -0.4 is 9.47 Å². The normalized spacial score (nSPS) is 11.3. The standard InChI is InChI=1S/C23H24N2O3S/c1-15-19(14-25(2)13-17-12-16-8-5-6-11-21(16)29-17)24-23(28-15)18-9-7-10-20(26-3)22(18)27-4/h5-12H,13-14H2,1-4H3. The van der Waals surface area contributed by atoms with E-state index in [1.807, 2.05) is 36.5 Å². The van der Waals surface area contributed by atoms with Gasteiger partial charge in [-0.05, 0) is 43.6 Å². The van der Waals surface area contributed by atoms with E-state index in [2.05, 4.69) is 42.3 Å². The number of benzene rings is 2. The Morgan fingerprint density at radius 2 is 1.86 bits per heavy atom. The van der Waals surface area contributed by atoms with Crippen LogP contribution in [0.4, 0.5) is 0 Å². The molecular weight excluding hydrogens is 384 g/mol. The highest BCUT2D eigenvalue weighted by Gasteiger charge is 2.19. The zero-order valence-corrected chi connectivity index (χ0v) is 17.9. The summed E-state index contributed by atoms with van der Waals surface area (Å²) in [6, 6.07) is 16.4. The molecule has 0 aliphatic carbocycles. The number of aromatic nitrogens is 1. The fourth-order valence-electron chi connectivity index (χ4n) is 3.44. The minimum absolute atomic E-state index is 0.545. The van der Waals surface area contributed by atoms with Crippen LogP contribution in [0.1, 0.15) is 16.3 Å². The third-order valence-corrected chi connectivity index (χ3v) is 5.95. The molecule has 0 amide bonds. The lowest BCUT2D eigenvalue weighted by Crippen LogP contribution is -2.17. The van der Waals surface area contributed by atoms with Crippen molar-refractivity contribution in [1.82, 2.24) is 9.88 Å². The summed E-state index contributed by atoms with van der Waals surface area (Å²) < 4.78 is 18.2. The summed E-state index contributed by atoms with van der Waals surface area (Å²) in [4.78, 5) is 8.34. The van der Waals surface area contributed by atoms with Crippen molar-refractivity contribution in [3.63, 3.8) is 0 Å². The topological polar surface area (TPSA) is 47.7 Å². The maximum atomic E-state index is 5.97. The van der Waals surface area contributed by atoms with Gasteiger partial charge in [0, 0.05) is 22.7 Å². The number of hydrogen-bond acceptors (Lipinski definition) is 6. The SMILES string of the molecule is COc1cccc(-c2nc(CN(C)Cc3cc4ccccc4s3)c(C)o2)c1OC. The third-order valence-electron chi connectivity index (χ3n) is 4.85. The van der Waals surface area contributed by atoms with E-state index in [1.165, 1.54) is 15.0 Å². The van der Waals surface area contributed by atoms with E-state index in [0.29, 0.717) is 23.9 Å². The number of aryl methyl sites for hydroxylation is 1. The van der Waals surface area contributed by atoms with Gasteiger partial charge in [0.25, 0.3) is 0 Å². The second kappa shape index (κ2) is 8.27. The van der Waals surface area contributed by atoms with Crippen LogP contribution in [0.5, 0.6) is 11.5 Å². The molecular formula is C23H24N2O3S. The lowest BCUT2D eigenvalue weighted by Gasteiger charge is -2.14. The zero-order valence-electron chi connectivity index (χ0n) is 17.1. The largest absolute Gasteiger partial charge is 0.493 e. The molecule has 5 nitrogen and oxygen atoms in total. The predicted molar refractivity (Wildman–Crippen MR) is 117 cm³/mol. The van der Waals surface area contributed by atoms with Gasteiger partial charge in [-0.3, -0.25) is 4.90 Å². The van der Waals surface area contributed by atoms with Crippen molar-refractivity contribution >= 4 is 21.4 Å². The number of rotatable bonds is 7. The first-order valence-electron chi connectivity index (χ1n) is 9.42. The van der Waals surface area contributed by atoms with E-state index < -0.39 is 0 Å². The van der Waals surface area contributed by atoms with Crippen LogP contribution in [-0.2, 0) is 13.1 Å². The summed E-state index contributed by atoms with van der Waals surface area (Å²) in [5.74, 6) is 2.64. The van der Waals surface area contributed by atoms with E-state index in [1.54, 1.807) is 14.2 Å². The molecule has 0 unspecified atom stereocenters. The number of oxazole rings is 1. The Hall–Kier alpha value is -2.83. The Kier molecular flexibility index (Phi) is 5.56. The Balaban J connectivity index is 1.54. The monoisotopic (exact) mass is 408 g/mol. The molecule has 0 fully saturated rings. The average molecular weight is 409 g/mol. The maximum Gasteiger partial charge on any atom is 0.230 e. The molecule has 0 atom stereocenters. The van der Waals surface area contributed by atoms with Crippen LogP contribution in [0, 0.1) is 6.92 Å². The number of fused-ring (bicyclic) bond motifs is 1. The van der Waals surface area contributed by atoms with Crippen molar-refractivity contribution in [2.24, 2.45) is 0 Å². The van der Waals surface area contributed by atoms with Crippen molar-refractivity contribution in [2.45, 2.75) is 20.0 Å². The molecule has 0 N–H and O–H groups in total. The summed E-state index contributed by atoms with van der Waals surface area (Å²) in [5.41, 5.74) is 1.71. The minimum Gasteiger partial charge on any atom is -0.493 e. The number of hydrogen-bond donors (Lipinski definition) is 0. The third kappa shape index (κ3) is 3.99. The molecule has 6 heteroatoms. The van der Waals surface area contributed by atoms with Crippen molar-refractivity contribution < 1.29 is 13.9 Å². The number of methoxy groups -OCH3 is 2. The maximum absolute atomic E-state index is 5.97. The molecule has 150 valence electrons. The van der Waals surface area contributed by atoms with Gasteiger partial charge >= 0.3 is 0 Å². The number of nitrogens with zero attached hydrogens (tertiary/aromatic N) is 2. The Bertz CT molecular complexity index is 1100. The quantitative estimate of drug-likeness (QED) is 0.403. The highest BCUT2D eigenvalue weighted by atomic mass is 32.1. The molecule has 0 spiro atoms. The number of para-hydroxylation sites is 1. The highest BCUT2D eigenvalue weighted by molar-refractivity contribution is 7.19. The first-order chi connectivity index (χ1) is 14.1. The average Bonchev–Trinajstić information content (AvgIpc) is 3.29. The summed E-state index contributed by atoms with van der Waals surface area (Å²) in [6.45, 7) is 3.52. The molecule has 0 bridgehead atoms. The molecule has 0 aliphatic heterocycles. The number of ether oxygens (including phenoxy) is 2. The van der Waals surface area contributed by atoms with Crippen molar-refractivity contribution in [2.75, 3.05) is 21.3 Å². The molecule has 2 aromatic heterocycles. The van der Waals surface area contributed by atoms with E-state index in [4.69, 9.17) is 18.9 Å². The van der Waals surface area contributed by atoms with Crippen molar-refractivity contribution in [3.05, 3.63) is 64.9 Å². The minimum atomic E-state index is 0.545. The predicted octanol–water partition coefficient (Wildman–Crippen LogP) is 5.51. The molecule has 0 aliphatic rings. The summed E-state index contributed by atoms with van der Waals surface area (Å²) in [6.07, 6.45) is 0. The molecule has 29 heavy (non-hydrogen) atoms. The van der Waals surface area contributed by atoms with Crippen LogP contribution in [0.15, 0.2) is 52.9 Å². The van der Waals surface area contributed by atoms with Gasteiger partial charge in [-0.15, -0.1) is 11.3 Å². The van der Waals surface area contributed by atoms with Gasteiger partial charge in [0.15, 0.2) is 11.5 Å². The molecule has 0 radical (unpaired) electrons. The van der Waals surface area contributed by atoms with Crippen LogP contribution in [0.3, 0.4) is 0 Å². The van der Waals surface area contributed by atoms with Gasteiger partial charge in [-0.2, -0.15) is 0 Å². The Labute approximate surface area is 174 Å². The lowest BCUT2D eigenvalue weighted by atomic mass is 10.2. The molecule has 2 aromatic carbocycles. The number of thiophene rings is 1. The fraction of sp³-hybridized carbons (Fsp3) is 0.261. The molecule has 0 saturated carbocycles. The molecule has 4 aromatic rings. The molecule has 4 rings (SSSR count). The summed E-state index contributed by atoms with van der Waals surface area (Å²) >= 11 is 1.84. The van der Waals surface area contributed by atoms with E-state index in [0.717, 1.165) is 23.6 Å². The van der Waals surface area contributed by atoms with Crippen LogP contribution >= 0.6 is 11.3 Å². The molecule has 2 heterocycles. The first kappa shape index (κ1) is 19.5. The highest BCUT2D eigenvalue weighted by Crippen LogP contribution is 2.38. The van der Waals surface area contributed by atoms with E-state index in [9.17, 15) is 0 Å². The Morgan fingerprint density at radius 1 is 1.03 bits per heavy atom. The first-order valence-corrected chi connectivity index (χ1v) is 10.2. The van der Waals surface area contributed by atoms with Crippen LogP contribution in [-0.4, -0.2) is 31.2 Å². The Morgan fingerprint density at radius 3 is 2.62 bits per heavy atom. The second-order valence-electron chi connectivity index (χ2n) is 6.99. The van der Waals surface area contributed by atoms with Gasteiger partial charge in [0.2, 0.25) is 5.89 Å².